The highest BCUT2D eigenvalue weighted by atomic mass is 32.1. The van der Waals surface area contributed by atoms with E-state index < -0.39 is 0 Å². The maximum atomic E-state index is 11.6. The van der Waals surface area contributed by atoms with Gasteiger partial charge < -0.3 is 10.1 Å². The van der Waals surface area contributed by atoms with Crippen LogP contribution in [0.25, 0.3) is 0 Å². The first-order valence-electron chi connectivity index (χ1n) is 6.15. The molecule has 0 radical (unpaired) electrons. The van der Waals surface area contributed by atoms with Gasteiger partial charge in [-0.3, -0.25) is 4.79 Å². The van der Waals surface area contributed by atoms with Crippen LogP contribution in [0, 0.1) is 0 Å². The van der Waals surface area contributed by atoms with Crippen LogP contribution in [0.4, 0.5) is 5.69 Å². The van der Waals surface area contributed by atoms with Crippen molar-refractivity contribution in [3.05, 3.63) is 47.5 Å². The molecule has 4 nitrogen and oxygen atoms in total. The van der Waals surface area contributed by atoms with Gasteiger partial charge in [-0.2, -0.15) is 4.37 Å². The SMILES string of the molecule is O=C(CCCOCc1ccccc1)Nc1cnsc1. The summed E-state index contributed by atoms with van der Waals surface area (Å²) in [6.45, 7) is 1.18. The first-order chi connectivity index (χ1) is 9.34. The summed E-state index contributed by atoms with van der Waals surface area (Å²) < 4.78 is 9.44. The smallest absolute Gasteiger partial charge is 0.224 e. The Bertz CT molecular complexity index is 485. The molecule has 1 amide bonds. The second-order valence-corrected chi connectivity index (χ2v) is 4.76. The van der Waals surface area contributed by atoms with E-state index in [9.17, 15) is 4.79 Å². The number of rotatable bonds is 7. The highest BCUT2D eigenvalue weighted by Crippen LogP contribution is 2.09. The van der Waals surface area contributed by atoms with Crippen molar-refractivity contribution in [2.45, 2.75) is 19.4 Å². The standard InChI is InChI=1S/C14H16N2O2S/c17-14(16-13-9-15-19-11-13)7-4-8-18-10-12-5-2-1-3-6-12/h1-3,5-6,9,11H,4,7-8,10H2,(H,16,17). The lowest BCUT2D eigenvalue weighted by Gasteiger charge is -2.04. The monoisotopic (exact) mass is 276 g/mol. The molecule has 0 aliphatic rings. The van der Waals surface area contributed by atoms with E-state index in [0.717, 1.165) is 17.7 Å². The zero-order chi connectivity index (χ0) is 13.3. The van der Waals surface area contributed by atoms with Crippen molar-refractivity contribution < 1.29 is 9.53 Å². The Kier molecular flexibility index (Phi) is 5.52. The maximum absolute atomic E-state index is 11.6. The van der Waals surface area contributed by atoms with E-state index in [1.54, 1.807) is 6.20 Å². The molecule has 2 rings (SSSR count). The summed E-state index contributed by atoms with van der Waals surface area (Å²) in [5.74, 6) is 0.00325. The molecular formula is C14H16N2O2S. The molecule has 100 valence electrons. The van der Waals surface area contributed by atoms with Crippen LogP contribution in [-0.2, 0) is 16.1 Å². The summed E-state index contributed by atoms with van der Waals surface area (Å²) in [7, 11) is 0. The molecule has 2 aromatic rings. The third-order valence-corrected chi connectivity index (χ3v) is 3.11. The van der Waals surface area contributed by atoms with Crippen LogP contribution in [0.3, 0.4) is 0 Å². The van der Waals surface area contributed by atoms with Crippen LogP contribution in [0.15, 0.2) is 41.9 Å². The number of hydrogen-bond acceptors (Lipinski definition) is 4. The fourth-order valence-corrected chi connectivity index (χ4v) is 2.06. The highest BCUT2D eigenvalue weighted by Gasteiger charge is 2.02. The molecule has 0 bridgehead atoms. The number of anilines is 1. The van der Waals surface area contributed by atoms with Gasteiger partial charge in [0.2, 0.25) is 5.91 Å². The van der Waals surface area contributed by atoms with Gasteiger partial charge in [0.05, 0.1) is 18.5 Å². The summed E-state index contributed by atoms with van der Waals surface area (Å²) >= 11 is 1.32. The molecule has 0 aliphatic heterocycles. The third kappa shape index (κ3) is 5.19. The Morgan fingerprint density at radius 2 is 2.16 bits per heavy atom. The molecule has 5 heteroatoms. The maximum Gasteiger partial charge on any atom is 0.224 e. The molecule has 0 saturated heterocycles. The van der Waals surface area contributed by atoms with Crippen LogP contribution in [0.2, 0.25) is 0 Å². The normalized spacial score (nSPS) is 10.3. The minimum atomic E-state index is 0.00325. The zero-order valence-electron chi connectivity index (χ0n) is 10.5. The minimum Gasteiger partial charge on any atom is -0.377 e. The first-order valence-corrected chi connectivity index (χ1v) is 6.99. The third-order valence-electron chi connectivity index (χ3n) is 2.52. The molecule has 1 aromatic heterocycles. The molecule has 1 aromatic carbocycles. The summed E-state index contributed by atoms with van der Waals surface area (Å²) in [5.41, 5.74) is 1.91. The van der Waals surface area contributed by atoms with Crippen molar-refractivity contribution in [2.75, 3.05) is 11.9 Å². The van der Waals surface area contributed by atoms with E-state index in [2.05, 4.69) is 9.69 Å². The van der Waals surface area contributed by atoms with Gasteiger partial charge in [-0.05, 0) is 23.5 Å². The van der Waals surface area contributed by atoms with Gasteiger partial charge in [0.15, 0.2) is 0 Å². The van der Waals surface area contributed by atoms with Crippen LogP contribution >= 0.6 is 11.5 Å². The Hall–Kier alpha value is -1.72. The van der Waals surface area contributed by atoms with Crippen molar-refractivity contribution in [3.63, 3.8) is 0 Å². The number of aromatic nitrogens is 1. The van der Waals surface area contributed by atoms with Gasteiger partial charge in [-0.1, -0.05) is 30.3 Å². The number of benzene rings is 1. The second-order valence-electron chi connectivity index (χ2n) is 4.10. The van der Waals surface area contributed by atoms with Crippen molar-refractivity contribution in [3.8, 4) is 0 Å². The molecule has 0 aliphatic carbocycles. The lowest BCUT2D eigenvalue weighted by molar-refractivity contribution is -0.116. The van der Waals surface area contributed by atoms with E-state index >= 15 is 0 Å². The number of ether oxygens (including phenoxy) is 1. The summed E-state index contributed by atoms with van der Waals surface area (Å²) in [6.07, 6.45) is 2.83. The molecule has 0 saturated carbocycles. The van der Waals surface area contributed by atoms with Gasteiger partial charge >= 0.3 is 0 Å². The van der Waals surface area contributed by atoms with E-state index in [-0.39, 0.29) is 5.91 Å². The van der Waals surface area contributed by atoms with E-state index in [1.807, 2.05) is 35.7 Å². The van der Waals surface area contributed by atoms with E-state index in [1.165, 1.54) is 11.5 Å². The van der Waals surface area contributed by atoms with Gasteiger partial charge in [-0.15, -0.1) is 0 Å². The Morgan fingerprint density at radius 3 is 2.89 bits per heavy atom. The van der Waals surface area contributed by atoms with Crippen LogP contribution < -0.4 is 5.32 Å². The lowest BCUT2D eigenvalue weighted by atomic mass is 10.2. The van der Waals surface area contributed by atoms with Crippen molar-refractivity contribution in [2.24, 2.45) is 0 Å². The second kappa shape index (κ2) is 7.66. The molecule has 1 N–H and O–H groups in total. The average Bonchev–Trinajstić information content (AvgIpc) is 2.92. The number of carbonyl (C=O) groups is 1. The highest BCUT2D eigenvalue weighted by molar-refractivity contribution is 7.04. The van der Waals surface area contributed by atoms with Gasteiger partial charge in [0.1, 0.15) is 0 Å². The Balaban J connectivity index is 1.56. The average molecular weight is 276 g/mol. The molecule has 0 atom stereocenters. The largest absolute Gasteiger partial charge is 0.377 e. The topological polar surface area (TPSA) is 51.2 Å². The number of nitrogens with zero attached hydrogens (tertiary/aromatic N) is 1. The summed E-state index contributed by atoms with van der Waals surface area (Å²) in [4.78, 5) is 11.6. The van der Waals surface area contributed by atoms with Crippen molar-refractivity contribution in [1.82, 2.24) is 4.37 Å². The van der Waals surface area contributed by atoms with Gasteiger partial charge in [0, 0.05) is 18.4 Å². The van der Waals surface area contributed by atoms with Crippen molar-refractivity contribution >= 4 is 23.1 Å². The number of carbonyl (C=O) groups excluding carboxylic acids is 1. The minimum absolute atomic E-state index is 0.00325. The quantitative estimate of drug-likeness (QED) is 0.791. The van der Waals surface area contributed by atoms with E-state index in [0.29, 0.717) is 19.6 Å². The van der Waals surface area contributed by atoms with Crippen molar-refractivity contribution in [1.29, 1.82) is 0 Å². The van der Waals surface area contributed by atoms with Crippen LogP contribution in [0.1, 0.15) is 18.4 Å². The number of amides is 1. The van der Waals surface area contributed by atoms with Gasteiger partial charge in [-0.25, -0.2) is 0 Å². The predicted molar refractivity (Wildman–Crippen MR) is 76.1 cm³/mol. The Morgan fingerprint density at radius 1 is 1.32 bits per heavy atom. The molecule has 1 heterocycles. The molecule has 19 heavy (non-hydrogen) atoms. The summed E-state index contributed by atoms with van der Waals surface area (Å²) in [6, 6.07) is 10.0. The number of hydrogen-bond donors (Lipinski definition) is 1. The molecule has 0 spiro atoms. The Labute approximate surface area is 116 Å². The zero-order valence-corrected chi connectivity index (χ0v) is 11.4. The fourth-order valence-electron chi connectivity index (χ4n) is 1.59. The van der Waals surface area contributed by atoms with Crippen LogP contribution in [-0.4, -0.2) is 16.9 Å². The molecule has 0 fully saturated rings. The molecular weight excluding hydrogens is 260 g/mol. The van der Waals surface area contributed by atoms with Crippen LogP contribution in [0.5, 0.6) is 0 Å². The van der Waals surface area contributed by atoms with E-state index in [4.69, 9.17) is 4.74 Å². The van der Waals surface area contributed by atoms with Gasteiger partial charge in [0.25, 0.3) is 0 Å². The first kappa shape index (κ1) is 13.7. The summed E-state index contributed by atoms with van der Waals surface area (Å²) in [5, 5.41) is 4.59. The molecule has 0 unspecified atom stereocenters. The lowest BCUT2D eigenvalue weighted by Crippen LogP contribution is -2.11. The predicted octanol–water partition coefficient (Wildman–Crippen LogP) is 3.08. The number of nitrogens with one attached hydrogen (secondary N) is 1. The fraction of sp³-hybridized carbons (Fsp3) is 0.286.